The number of aliphatic imine (C=N–C) groups is 1. The minimum atomic E-state index is -0.0848. The Bertz CT molecular complexity index is 2440. The van der Waals surface area contributed by atoms with Crippen LogP contribution >= 0.6 is 11.3 Å². The maximum atomic E-state index is 6.12. The van der Waals surface area contributed by atoms with Crippen LogP contribution in [0.3, 0.4) is 0 Å². The smallest absolute Gasteiger partial charge is 0.227 e. The molecule has 0 spiro atoms. The van der Waals surface area contributed by atoms with Crippen molar-refractivity contribution in [3.8, 4) is 11.5 Å². The zero-order valence-electron chi connectivity index (χ0n) is 22.5. The predicted octanol–water partition coefficient (Wildman–Crippen LogP) is 9.70. The molecule has 0 amide bonds. The molecule has 0 N–H and O–H groups in total. The second kappa shape index (κ2) is 8.05. The van der Waals surface area contributed by atoms with E-state index in [-0.39, 0.29) is 5.41 Å². The number of rotatable bonds is 2. The van der Waals surface area contributed by atoms with E-state index in [4.69, 9.17) is 14.4 Å². The molecule has 5 heteroatoms. The molecule has 1 saturated carbocycles. The number of allylic oxidation sites excluding steroid dienone is 1. The molecule has 0 saturated heterocycles. The highest BCUT2D eigenvalue weighted by Crippen LogP contribution is 2.59. The maximum absolute atomic E-state index is 6.12. The van der Waals surface area contributed by atoms with Gasteiger partial charge in [0.05, 0.1) is 11.0 Å². The molecule has 0 radical (unpaired) electrons. The van der Waals surface area contributed by atoms with Crippen molar-refractivity contribution in [1.29, 1.82) is 0 Å². The third-order valence-corrected chi connectivity index (χ3v) is 10.4. The highest BCUT2D eigenvalue weighted by atomic mass is 32.1. The average molecular weight is 558 g/mol. The summed E-state index contributed by atoms with van der Waals surface area (Å²) in [5.74, 6) is 2.07. The second-order valence-electron chi connectivity index (χ2n) is 11.5. The molecule has 4 nitrogen and oxygen atoms in total. The summed E-state index contributed by atoms with van der Waals surface area (Å²) >= 11 is 1.89. The van der Waals surface area contributed by atoms with Crippen molar-refractivity contribution in [1.82, 2.24) is 9.55 Å². The molecule has 1 unspecified atom stereocenters. The predicted molar refractivity (Wildman–Crippen MR) is 174 cm³/mol. The van der Waals surface area contributed by atoms with Crippen molar-refractivity contribution in [3.63, 3.8) is 0 Å². The molecule has 3 aromatic heterocycles. The van der Waals surface area contributed by atoms with Gasteiger partial charge in [-0.3, -0.25) is 4.57 Å². The lowest BCUT2D eigenvalue weighted by Gasteiger charge is -2.20. The lowest BCUT2D eigenvalue weighted by molar-refractivity contribution is 0.619. The van der Waals surface area contributed by atoms with Crippen LogP contribution in [0.15, 0.2) is 131 Å². The molecule has 2 aliphatic rings. The minimum Gasteiger partial charge on any atom is -0.436 e. The van der Waals surface area contributed by atoms with Gasteiger partial charge in [0.25, 0.3) is 0 Å². The molecule has 5 aromatic carbocycles. The summed E-state index contributed by atoms with van der Waals surface area (Å²) < 4.78 is 11.2. The third kappa shape index (κ3) is 2.96. The minimum absolute atomic E-state index is 0.0848. The third-order valence-electron chi connectivity index (χ3n) is 9.24. The van der Waals surface area contributed by atoms with Crippen LogP contribution in [-0.2, 0) is 5.41 Å². The van der Waals surface area contributed by atoms with Gasteiger partial charge in [0.15, 0.2) is 5.58 Å². The zero-order chi connectivity index (χ0) is 27.4. The quantitative estimate of drug-likeness (QED) is 0.212. The zero-order valence-corrected chi connectivity index (χ0v) is 23.3. The first kappa shape index (κ1) is 22.7. The number of fused-ring (bicyclic) bond motifs is 9. The lowest BCUT2D eigenvalue weighted by Crippen LogP contribution is -2.22. The molecule has 1 fully saturated rings. The second-order valence-corrected chi connectivity index (χ2v) is 12.5. The summed E-state index contributed by atoms with van der Waals surface area (Å²) in [5.41, 5.74) is 6.34. The van der Waals surface area contributed by atoms with Gasteiger partial charge in [0, 0.05) is 54.0 Å². The van der Waals surface area contributed by atoms with E-state index in [0.29, 0.717) is 11.8 Å². The van der Waals surface area contributed by atoms with Gasteiger partial charge in [-0.25, -0.2) is 9.98 Å². The van der Waals surface area contributed by atoms with Gasteiger partial charge in [0.2, 0.25) is 5.89 Å². The molecular weight excluding hydrogens is 534 g/mol. The Hall–Kier alpha value is -5.00. The number of para-hydroxylation sites is 3. The Morgan fingerprint density at radius 1 is 0.786 bits per heavy atom. The summed E-state index contributed by atoms with van der Waals surface area (Å²) in [6.07, 6.45) is 5.34. The number of nitrogens with zero attached hydrogens (tertiary/aromatic N) is 3. The Morgan fingerprint density at radius 2 is 1.64 bits per heavy atom. The van der Waals surface area contributed by atoms with Gasteiger partial charge >= 0.3 is 0 Å². The van der Waals surface area contributed by atoms with Crippen molar-refractivity contribution < 1.29 is 4.42 Å². The largest absolute Gasteiger partial charge is 0.436 e. The standard InChI is InChI=1S/C37H23N3OS/c1-4-13-29-26(11-1)33-30(17-16-25-24-10-2-6-15-32(24)42-34(25)33)40(29)35-27-21-37(27,18-19-38-35)23-9-7-8-22(20-23)36-39-28-12-3-5-14-31(28)41-36/h1-20,27H,21H2/t27-,37?/m1/s1. The molecule has 4 heterocycles. The molecule has 2 atom stereocenters. The van der Waals surface area contributed by atoms with Gasteiger partial charge < -0.3 is 4.42 Å². The van der Waals surface area contributed by atoms with Crippen LogP contribution in [0.1, 0.15) is 12.0 Å². The van der Waals surface area contributed by atoms with Gasteiger partial charge in [0.1, 0.15) is 11.4 Å². The van der Waals surface area contributed by atoms with Gasteiger partial charge in [-0.05, 0) is 54.4 Å². The van der Waals surface area contributed by atoms with Crippen LogP contribution in [0.25, 0.3) is 64.5 Å². The number of benzene rings is 5. The first-order valence-electron chi connectivity index (χ1n) is 14.3. The SMILES string of the molecule is C1=CC2(c3cccc(-c4nc5ccccc5o4)c3)C[C@@H]2C(n2c3ccccc3c3c4sc5ccccc5c4ccc32)=N1. The molecule has 0 bridgehead atoms. The van der Waals surface area contributed by atoms with Crippen LogP contribution in [0, 0.1) is 5.92 Å². The Morgan fingerprint density at radius 3 is 2.60 bits per heavy atom. The molecule has 1 aliphatic carbocycles. The normalized spacial score (nSPS) is 19.7. The van der Waals surface area contributed by atoms with E-state index >= 15 is 0 Å². The van der Waals surface area contributed by atoms with Gasteiger partial charge in [-0.1, -0.05) is 72.8 Å². The Balaban J connectivity index is 1.13. The number of hydrogen-bond acceptors (Lipinski definition) is 4. The number of oxazole rings is 1. The fraction of sp³-hybridized carbons (Fsp3) is 0.0811. The average Bonchev–Trinajstić information content (AvgIpc) is 3.31. The topological polar surface area (TPSA) is 43.3 Å². The monoisotopic (exact) mass is 557 g/mol. The van der Waals surface area contributed by atoms with Crippen LogP contribution < -0.4 is 0 Å². The van der Waals surface area contributed by atoms with Crippen molar-refractivity contribution >= 4 is 70.3 Å². The maximum Gasteiger partial charge on any atom is 0.227 e. The summed E-state index contributed by atoms with van der Waals surface area (Å²) in [6, 6.07) is 38.8. The lowest BCUT2D eigenvalue weighted by atomic mass is 9.90. The summed E-state index contributed by atoms with van der Waals surface area (Å²) in [7, 11) is 0. The molecule has 10 rings (SSSR count). The number of thiophene rings is 1. The highest BCUT2D eigenvalue weighted by Gasteiger charge is 2.58. The summed E-state index contributed by atoms with van der Waals surface area (Å²) in [6.45, 7) is 0. The van der Waals surface area contributed by atoms with E-state index in [1.807, 2.05) is 41.8 Å². The summed E-state index contributed by atoms with van der Waals surface area (Å²) in [5, 5.41) is 5.26. The number of hydrogen-bond donors (Lipinski definition) is 0. The van der Waals surface area contributed by atoms with E-state index in [1.165, 1.54) is 47.5 Å². The molecule has 8 aromatic rings. The highest BCUT2D eigenvalue weighted by molar-refractivity contribution is 7.26. The molecule has 1 aliphatic heterocycles. The fourth-order valence-corrected chi connectivity index (χ4v) is 8.43. The Kier molecular flexibility index (Phi) is 4.35. The molecule has 198 valence electrons. The molecular formula is C37H23N3OS. The fourth-order valence-electron chi connectivity index (χ4n) is 7.17. The summed E-state index contributed by atoms with van der Waals surface area (Å²) in [4.78, 5) is 9.83. The Labute approximate surface area is 244 Å². The van der Waals surface area contributed by atoms with Crippen molar-refractivity contribution in [2.24, 2.45) is 10.9 Å². The number of aromatic nitrogens is 2. The van der Waals surface area contributed by atoms with Crippen LogP contribution in [-0.4, -0.2) is 15.4 Å². The van der Waals surface area contributed by atoms with Crippen molar-refractivity contribution in [3.05, 3.63) is 127 Å². The van der Waals surface area contributed by atoms with E-state index < -0.39 is 0 Å². The van der Waals surface area contributed by atoms with E-state index in [0.717, 1.165) is 28.9 Å². The van der Waals surface area contributed by atoms with Crippen LogP contribution in [0.4, 0.5) is 0 Å². The first-order valence-corrected chi connectivity index (χ1v) is 15.2. The van der Waals surface area contributed by atoms with Gasteiger partial charge in [-0.2, -0.15) is 0 Å². The van der Waals surface area contributed by atoms with Crippen LogP contribution in [0.2, 0.25) is 0 Å². The van der Waals surface area contributed by atoms with E-state index in [2.05, 4.69) is 95.6 Å². The van der Waals surface area contributed by atoms with Crippen molar-refractivity contribution in [2.45, 2.75) is 11.8 Å². The van der Waals surface area contributed by atoms with E-state index in [1.54, 1.807) is 0 Å². The van der Waals surface area contributed by atoms with Crippen LogP contribution in [0.5, 0.6) is 0 Å². The molecule has 42 heavy (non-hydrogen) atoms. The van der Waals surface area contributed by atoms with Crippen molar-refractivity contribution in [2.75, 3.05) is 0 Å². The first-order chi connectivity index (χ1) is 20.8. The van der Waals surface area contributed by atoms with Gasteiger partial charge in [-0.15, -0.1) is 11.3 Å². The van der Waals surface area contributed by atoms with E-state index in [9.17, 15) is 0 Å².